The summed E-state index contributed by atoms with van der Waals surface area (Å²) in [6.07, 6.45) is 7.78. The lowest BCUT2D eigenvalue weighted by Gasteiger charge is -1.88. The van der Waals surface area contributed by atoms with Crippen LogP contribution in [-0.4, -0.2) is 0 Å². The molecule has 0 rings (SSSR count). The Morgan fingerprint density at radius 1 is 1.33 bits per heavy atom. The van der Waals surface area contributed by atoms with Gasteiger partial charge in [-0.15, -0.1) is 0 Å². The van der Waals surface area contributed by atoms with E-state index < -0.39 is 0 Å². The van der Waals surface area contributed by atoms with Crippen molar-refractivity contribution in [3.05, 3.63) is 24.4 Å². The average molecular weight is 143 g/mol. The minimum Gasteiger partial charge on any atom is -0.339 e. The van der Waals surface area contributed by atoms with Gasteiger partial charge in [0.05, 0.1) is 0 Å². The fourth-order valence-electron chi connectivity index (χ4n) is 0.385. The highest BCUT2D eigenvalue weighted by atomic mass is 32.1. The van der Waals surface area contributed by atoms with Gasteiger partial charge in [-0.2, -0.15) is 0 Å². The number of rotatable bonds is 3. The summed E-state index contributed by atoms with van der Waals surface area (Å²) >= 11 is 3.77. The molecule has 0 aliphatic carbocycles. The molecule has 1 N–H and O–H groups in total. The molecule has 0 aliphatic heterocycles. The largest absolute Gasteiger partial charge is 0.339 e. The fraction of sp³-hybridized carbons (Fsp3) is 0.429. The number of hydrogen-bond donors (Lipinski definition) is 2. The Kier molecular flexibility index (Phi) is 5.52. The van der Waals surface area contributed by atoms with Crippen LogP contribution < -0.4 is 4.72 Å². The lowest BCUT2D eigenvalue weighted by atomic mass is 10.2. The molecule has 0 bridgehead atoms. The van der Waals surface area contributed by atoms with E-state index in [2.05, 4.69) is 37.5 Å². The number of hydrogen-bond acceptors (Lipinski definition) is 2. The second-order valence-electron chi connectivity index (χ2n) is 2.12. The standard InChI is InChI=1S/C7H13NS/c1-7(2)5-3-4-6-8-9/h3-9H,1-2H3/b5-3-,6-4-. The van der Waals surface area contributed by atoms with Gasteiger partial charge in [0.15, 0.2) is 0 Å². The summed E-state index contributed by atoms with van der Waals surface area (Å²) in [6, 6.07) is 0. The van der Waals surface area contributed by atoms with Gasteiger partial charge >= 0.3 is 0 Å². The molecule has 0 radical (unpaired) electrons. The Balaban J connectivity index is 3.35. The fourth-order valence-corrected chi connectivity index (χ4v) is 0.471. The zero-order valence-corrected chi connectivity index (χ0v) is 6.73. The van der Waals surface area contributed by atoms with Crippen LogP contribution in [-0.2, 0) is 0 Å². The van der Waals surface area contributed by atoms with Crippen LogP contribution in [0.4, 0.5) is 0 Å². The molecule has 2 heteroatoms. The first-order valence-electron chi connectivity index (χ1n) is 3.00. The Morgan fingerprint density at radius 2 is 2.00 bits per heavy atom. The molecule has 0 saturated heterocycles. The lowest BCUT2D eigenvalue weighted by Crippen LogP contribution is -1.79. The zero-order valence-electron chi connectivity index (χ0n) is 5.83. The topological polar surface area (TPSA) is 12.0 Å². The Hall–Kier alpha value is -0.370. The Labute approximate surface area is 62.4 Å². The summed E-state index contributed by atoms with van der Waals surface area (Å²) in [6.45, 7) is 4.27. The highest BCUT2D eigenvalue weighted by Crippen LogP contribution is 1.92. The van der Waals surface area contributed by atoms with Gasteiger partial charge in [0.1, 0.15) is 0 Å². The third-order valence-electron chi connectivity index (χ3n) is 0.778. The first-order chi connectivity index (χ1) is 4.27. The summed E-state index contributed by atoms with van der Waals surface area (Å²) in [5.74, 6) is 0.620. The van der Waals surface area contributed by atoms with Crippen molar-refractivity contribution in [1.29, 1.82) is 0 Å². The summed E-state index contributed by atoms with van der Waals surface area (Å²) in [5, 5.41) is 0. The Bertz CT molecular complexity index is 105. The van der Waals surface area contributed by atoms with E-state index in [-0.39, 0.29) is 0 Å². The minimum absolute atomic E-state index is 0.620. The predicted molar refractivity (Wildman–Crippen MR) is 45.2 cm³/mol. The molecule has 0 amide bonds. The maximum Gasteiger partial charge on any atom is 0.00698 e. The van der Waals surface area contributed by atoms with Crippen LogP contribution in [0.3, 0.4) is 0 Å². The van der Waals surface area contributed by atoms with E-state index in [1.165, 1.54) is 0 Å². The van der Waals surface area contributed by atoms with Gasteiger partial charge in [0.2, 0.25) is 0 Å². The van der Waals surface area contributed by atoms with Crippen molar-refractivity contribution in [1.82, 2.24) is 4.72 Å². The van der Waals surface area contributed by atoms with Crippen LogP contribution in [0.25, 0.3) is 0 Å². The lowest BCUT2D eigenvalue weighted by molar-refractivity contribution is 0.832. The van der Waals surface area contributed by atoms with Crippen LogP contribution >= 0.6 is 12.8 Å². The molecule has 0 aromatic rings. The van der Waals surface area contributed by atoms with E-state index in [4.69, 9.17) is 0 Å². The van der Waals surface area contributed by atoms with E-state index in [1.54, 1.807) is 6.20 Å². The summed E-state index contributed by atoms with van der Waals surface area (Å²) in [7, 11) is 0. The third kappa shape index (κ3) is 7.63. The number of allylic oxidation sites excluding steroid dienone is 3. The summed E-state index contributed by atoms with van der Waals surface area (Å²) in [5.41, 5.74) is 0. The van der Waals surface area contributed by atoms with E-state index in [0.717, 1.165) is 0 Å². The predicted octanol–water partition coefficient (Wildman–Crippen LogP) is 2.15. The molecule has 0 atom stereocenters. The smallest absolute Gasteiger partial charge is 0.00698 e. The number of thiol groups is 1. The third-order valence-corrected chi connectivity index (χ3v) is 0.927. The highest BCUT2D eigenvalue weighted by molar-refractivity contribution is 7.78. The maximum absolute atomic E-state index is 3.77. The highest BCUT2D eigenvalue weighted by Gasteiger charge is 1.78. The quantitative estimate of drug-likeness (QED) is 0.455. The van der Waals surface area contributed by atoms with Gasteiger partial charge in [0.25, 0.3) is 0 Å². The molecule has 1 nitrogen and oxygen atoms in total. The maximum atomic E-state index is 3.77. The second-order valence-corrected chi connectivity index (χ2v) is 2.38. The van der Waals surface area contributed by atoms with Gasteiger partial charge in [-0.3, -0.25) is 0 Å². The first kappa shape index (κ1) is 8.63. The monoisotopic (exact) mass is 143 g/mol. The van der Waals surface area contributed by atoms with Crippen molar-refractivity contribution in [3.63, 3.8) is 0 Å². The van der Waals surface area contributed by atoms with Crippen molar-refractivity contribution in [2.45, 2.75) is 13.8 Å². The molecule has 0 fully saturated rings. The van der Waals surface area contributed by atoms with Crippen LogP contribution in [0.5, 0.6) is 0 Å². The van der Waals surface area contributed by atoms with Gasteiger partial charge in [-0.25, -0.2) is 0 Å². The van der Waals surface area contributed by atoms with Crippen LogP contribution in [0.1, 0.15) is 13.8 Å². The second kappa shape index (κ2) is 5.76. The van der Waals surface area contributed by atoms with E-state index in [9.17, 15) is 0 Å². The molecular weight excluding hydrogens is 130 g/mol. The van der Waals surface area contributed by atoms with Crippen molar-refractivity contribution in [2.75, 3.05) is 0 Å². The van der Waals surface area contributed by atoms with Gasteiger partial charge in [0, 0.05) is 6.20 Å². The SMILES string of the molecule is CC(C)/C=C\C=C/NS. The van der Waals surface area contributed by atoms with E-state index >= 15 is 0 Å². The Morgan fingerprint density at radius 3 is 2.44 bits per heavy atom. The summed E-state index contributed by atoms with van der Waals surface area (Å²) in [4.78, 5) is 0. The molecule has 0 spiro atoms. The van der Waals surface area contributed by atoms with Crippen LogP contribution in [0, 0.1) is 5.92 Å². The molecule has 9 heavy (non-hydrogen) atoms. The molecule has 0 aromatic carbocycles. The van der Waals surface area contributed by atoms with Gasteiger partial charge < -0.3 is 4.72 Å². The number of nitrogens with one attached hydrogen (secondary N) is 1. The molecule has 0 heterocycles. The normalized spacial score (nSPS) is 12.0. The van der Waals surface area contributed by atoms with Crippen LogP contribution in [0.15, 0.2) is 24.4 Å². The molecule has 52 valence electrons. The minimum atomic E-state index is 0.620. The molecule has 0 aromatic heterocycles. The van der Waals surface area contributed by atoms with Crippen molar-refractivity contribution in [2.24, 2.45) is 5.92 Å². The van der Waals surface area contributed by atoms with E-state index in [1.807, 2.05) is 12.2 Å². The first-order valence-corrected chi connectivity index (χ1v) is 3.45. The summed E-state index contributed by atoms with van der Waals surface area (Å²) < 4.78 is 2.60. The molecule has 0 saturated carbocycles. The van der Waals surface area contributed by atoms with Gasteiger partial charge in [-0.05, 0) is 12.0 Å². The average Bonchev–Trinajstić information content (AvgIpc) is 1.80. The molecule has 0 unspecified atom stereocenters. The van der Waals surface area contributed by atoms with Crippen molar-refractivity contribution >= 4 is 12.8 Å². The van der Waals surface area contributed by atoms with Crippen molar-refractivity contribution in [3.8, 4) is 0 Å². The zero-order chi connectivity index (χ0) is 7.11. The van der Waals surface area contributed by atoms with Crippen molar-refractivity contribution < 1.29 is 0 Å². The van der Waals surface area contributed by atoms with Crippen LogP contribution in [0.2, 0.25) is 0 Å². The van der Waals surface area contributed by atoms with E-state index in [0.29, 0.717) is 5.92 Å². The molecule has 0 aliphatic rings. The molecular formula is C7H13NS. The van der Waals surface area contributed by atoms with Gasteiger partial charge in [-0.1, -0.05) is 38.8 Å².